The molecule has 1 aromatic carbocycles. The van der Waals surface area contributed by atoms with Gasteiger partial charge in [0.25, 0.3) is 6.29 Å². The zero-order valence-electron chi connectivity index (χ0n) is 12.5. The fourth-order valence-electron chi connectivity index (χ4n) is 1.28. The van der Waals surface area contributed by atoms with Crippen LogP contribution in [-0.2, 0) is 14.3 Å². The highest BCUT2D eigenvalue weighted by molar-refractivity contribution is 6.32. The Morgan fingerprint density at radius 1 is 1.05 bits per heavy atom. The highest BCUT2D eigenvalue weighted by atomic mass is 35.5. The van der Waals surface area contributed by atoms with Crippen LogP contribution >= 0.6 is 11.6 Å². The average molecular weight is 315 g/mol. The van der Waals surface area contributed by atoms with Gasteiger partial charge in [0.1, 0.15) is 0 Å². The first-order chi connectivity index (χ1) is 9.81. The van der Waals surface area contributed by atoms with Crippen LogP contribution in [0.5, 0.6) is 5.75 Å². The molecule has 5 nitrogen and oxygen atoms in total. The van der Waals surface area contributed by atoms with E-state index in [0.717, 1.165) is 0 Å². The lowest BCUT2D eigenvalue weighted by atomic mass is 10.2. The molecule has 1 atom stereocenters. The lowest BCUT2D eigenvalue weighted by Gasteiger charge is -2.21. The van der Waals surface area contributed by atoms with E-state index in [1.165, 1.54) is 6.07 Å². The summed E-state index contributed by atoms with van der Waals surface area (Å²) in [5, 5.41) is 0.287. The summed E-state index contributed by atoms with van der Waals surface area (Å²) in [6.45, 7) is 6.92. The number of carbonyl (C=O) groups excluding carboxylic acids is 2. The SMILES string of the molecule is CC(C)C(=O)OC(OC(=O)Oc1ccccc1Cl)C(C)C. The van der Waals surface area contributed by atoms with Crippen LogP contribution in [0, 0.1) is 11.8 Å². The maximum Gasteiger partial charge on any atom is 0.517 e. The van der Waals surface area contributed by atoms with Gasteiger partial charge in [-0.3, -0.25) is 4.79 Å². The number of ether oxygens (including phenoxy) is 3. The number of benzene rings is 1. The molecule has 0 aliphatic rings. The van der Waals surface area contributed by atoms with E-state index in [0.29, 0.717) is 0 Å². The maximum absolute atomic E-state index is 11.7. The highest BCUT2D eigenvalue weighted by Gasteiger charge is 2.25. The molecule has 21 heavy (non-hydrogen) atoms. The lowest BCUT2D eigenvalue weighted by Crippen LogP contribution is -2.32. The first kappa shape index (κ1) is 17.3. The van der Waals surface area contributed by atoms with Crippen LogP contribution < -0.4 is 4.74 Å². The van der Waals surface area contributed by atoms with E-state index in [-0.39, 0.29) is 22.6 Å². The van der Waals surface area contributed by atoms with Gasteiger partial charge in [-0.15, -0.1) is 0 Å². The Kier molecular flexibility index (Phi) is 6.49. The average Bonchev–Trinajstić information content (AvgIpc) is 2.40. The molecule has 116 valence electrons. The van der Waals surface area contributed by atoms with Crippen molar-refractivity contribution in [3.8, 4) is 5.75 Å². The summed E-state index contributed by atoms with van der Waals surface area (Å²) in [5.41, 5.74) is 0. The van der Waals surface area contributed by atoms with Crippen LogP contribution in [0.25, 0.3) is 0 Å². The summed E-state index contributed by atoms with van der Waals surface area (Å²) < 4.78 is 15.1. The highest BCUT2D eigenvalue weighted by Crippen LogP contribution is 2.24. The molecule has 6 heteroatoms. The fourth-order valence-corrected chi connectivity index (χ4v) is 1.46. The van der Waals surface area contributed by atoms with Crippen LogP contribution in [-0.4, -0.2) is 18.4 Å². The van der Waals surface area contributed by atoms with Crippen molar-refractivity contribution in [1.82, 2.24) is 0 Å². The predicted molar refractivity (Wildman–Crippen MR) is 78.1 cm³/mol. The zero-order valence-corrected chi connectivity index (χ0v) is 13.2. The van der Waals surface area contributed by atoms with Gasteiger partial charge in [0.2, 0.25) is 0 Å². The Morgan fingerprint density at radius 3 is 2.19 bits per heavy atom. The summed E-state index contributed by atoms with van der Waals surface area (Å²) in [5.74, 6) is -0.776. The van der Waals surface area contributed by atoms with Crippen molar-refractivity contribution in [2.75, 3.05) is 0 Å². The molecule has 1 aromatic rings. The smallest absolute Gasteiger partial charge is 0.425 e. The number of halogens is 1. The van der Waals surface area contributed by atoms with Crippen LogP contribution in [0.1, 0.15) is 27.7 Å². The third-order valence-electron chi connectivity index (χ3n) is 2.49. The van der Waals surface area contributed by atoms with Gasteiger partial charge < -0.3 is 14.2 Å². The second kappa shape index (κ2) is 7.88. The Morgan fingerprint density at radius 2 is 1.67 bits per heavy atom. The molecule has 0 aliphatic heterocycles. The number of hydrogen-bond acceptors (Lipinski definition) is 5. The van der Waals surface area contributed by atoms with E-state index in [2.05, 4.69) is 0 Å². The summed E-state index contributed by atoms with van der Waals surface area (Å²) in [6, 6.07) is 6.51. The van der Waals surface area contributed by atoms with Crippen molar-refractivity contribution in [2.45, 2.75) is 34.0 Å². The lowest BCUT2D eigenvalue weighted by molar-refractivity contribution is -0.180. The molecule has 0 amide bonds. The summed E-state index contributed by atoms with van der Waals surface area (Å²) in [7, 11) is 0. The molecular formula is C15H19ClO5. The van der Waals surface area contributed by atoms with Gasteiger partial charge in [0.05, 0.1) is 10.9 Å². The molecular weight excluding hydrogens is 296 g/mol. The quantitative estimate of drug-likeness (QED) is 0.466. The van der Waals surface area contributed by atoms with Gasteiger partial charge >= 0.3 is 12.1 Å². The monoisotopic (exact) mass is 314 g/mol. The molecule has 0 heterocycles. The Labute approximate surface area is 129 Å². The van der Waals surface area contributed by atoms with Crippen molar-refractivity contribution < 1.29 is 23.8 Å². The Bertz CT molecular complexity index is 499. The molecule has 0 spiro atoms. The molecule has 0 fully saturated rings. The second-order valence-electron chi connectivity index (χ2n) is 5.10. The van der Waals surface area contributed by atoms with Crippen molar-refractivity contribution in [1.29, 1.82) is 0 Å². The van der Waals surface area contributed by atoms with Crippen LogP contribution in [0.4, 0.5) is 4.79 Å². The van der Waals surface area contributed by atoms with Crippen LogP contribution in [0.2, 0.25) is 5.02 Å². The van der Waals surface area contributed by atoms with Crippen molar-refractivity contribution in [2.24, 2.45) is 11.8 Å². The number of para-hydroxylation sites is 1. The van der Waals surface area contributed by atoms with E-state index in [9.17, 15) is 9.59 Å². The van der Waals surface area contributed by atoms with Gasteiger partial charge in [0, 0.05) is 5.92 Å². The van der Waals surface area contributed by atoms with Crippen molar-refractivity contribution >= 4 is 23.7 Å². The molecule has 0 bridgehead atoms. The molecule has 1 unspecified atom stereocenters. The summed E-state index contributed by atoms with van der Waals surface area (Å²) in [4.78, 5) is 23.3. The van der Waals surface area contributed by atoms with E-state index >= 15 is 0 Å². The molecule has 1 rings (SSSR count). The first-order valence-corrected chi connectivity index (χ1v) is 7.02. The minimum absolute atomic E-state index is 0.182. The molecule has 0 N–H and O–H groups in total. The summed E-state index contributed by atoms with van der Waals surface area (Å²) in [6.07, 6.45) is -1.98. The largest absolute Gasteiger partial charge is 0.517 e. The van der Waals surface area contributed by atoms with Crippen molar-refractivity contribution in [3.63, 3.8) is 0 Å². The maximum atomic E-state index is 11.7. The molecule has 0 aliphatic carbocycles. The molecule has 0 saturated heterocycles. The fraction of sp³-hybridized carbons (Fsp3) is 0.467. The van der Waals surface area contributed by atoms with Crippen LogP contribution in [0.3, 0.4) is 0 Å². The van der Waals surface area contributed by atoms with E-state index in [1.807, 2.05) is 0 Å². The Hall–Kier alpha value is -1.75. The molecule has 0 radical (unpaired) electrons. The van der Waals surface area contributed by atoms with E-state index < -0.39 is 18.4 Å². The normalized spacial score (nSPS) is 12.1. The number of carbonyl (C=O) groups is 2. The zero-order chi connectivity index (χ0) is 16.0. The molecule has 0 aromatic heterocycles. The van der Waals surface area contributed by atoms with Gasteiger partial charge in [-0.2, -0.15) is 0 Å². The third kappa shape index (κ3) is 5.63. The predicted octanol–water partition coefficient (Wildman–Crippen LogP) is 4.04. The topological polar surface area (TPSA) is 61.8 Å². The van der Waals surface area contributed by atoms with Gasteiger partial charge in [0.15, 0.2) is 5.75 Å². The summed E-state index contributed by atoms with van der Waals surface area (Å²) >= 11 is 5.88. The molecule has 0 saturated carbocycles. The number of rotatable bonds is 5. The second-order valence-corrected chi connectivity index (χ2v) is 5.51. The minimum atomic E-state index is -1.00. The van der Waals surface area contributed by atoms with E-state index in [4.69, 9.17) is 25.8 Å². The van der Waals surface area contributed by atoms with Crippen LogP contribution in [0.15, 0.2) is 24.3 Å². The number of esters is 1. The van der Waals surface area contributed by atoms with Crippen molar-refractivity contribution in [3.05, 3.63) is 29.3 Å². The number of hydrogen-bond donors (Lipinski definition) is 0. The van der Waals surface area contributed by atoms with E-state index in [1.54, 1.807) is 45.9 Å². The third-order valence-corrected chi connectivity index (χ3v) is 2.80. The van der Waals surface area contributed by atoms with Gasteiger partial charge in [-0.1, -0.05) is 51.4 Å². The standard InChI is InChI=1S/C15H19ClO5/c1-9(2)13(17)20-14(10(3)4)21-15(18)19-12-8-6-5-7-11(12)16/h5-10,14H,1-4H3. The van der Waals surface area contributed by atoms with Gasteiger partial charge in [-0.05, 0) is 12.1 Å². The first-order valence-electron chi connectivity index (χ1n) is 6.64. The minimum Gasteiger partial charge on any atom is -0.425 e. The van der Waals surface area contributed by atoms with Gasteiger partial charge in [-0.25, -0.2) is 4.79 Å². The Balaban J connectivity index is 2.65.